The summed E-state index contributed by atoms with van der Waals surface area (Å²) in [4.78, 5) is 5.52. The fourth-order valence-corrected chi connectivity index (χ4v) is 3.70. The Hall–Kier alpha value is -0.430. The van der Waals surface area contributed by atoms with Crippen LogP contribution in [0.1, 0.15) is 24.4 Å². The van der Waals surface area contributed by atoms with Gasteiger partial charge >= 0.3 is 0 Å². The Labute approximate surface area is 124 Å². The standard InChI is InChI=1S/C12H14BrN3S2/c1-7(14-3)9-4-5-11(10(13)6-9)17-12-15-8(2)16-18-12/h4-7,14H,1-3H3. The number of aromatic nitrogens is 2. The van der Waals surface area contributed by atoms with Gasteiger partial charge in [0.2, 0.25) is 0 Å². The second kappa shape index (κ2) is 6.14. The molecule has 18 heavy (non-hydrogen) atoms. The Balaban J connectivity index is 2.19. The van der Waals surface area contributed by atoms with Gasteiger partial charge in [-0.2, -0.15) is 4.37 Å². The second-order valence-electron chi connectivity index (χ2n) is 3.91. The van der Waals surface area contributed by atoms with Gasteiger partial charge < -0.3 is 5.32 Å². The van der Waals surface area contributed by atoms with Gasteiger partial charge in [-0.3, -0.25) is 0 Å². The first kappa shape index (κ1) is 14.0. The van der Waals surface area contributed by atoms with Crippen molar-refractivity contribution < 1.29 is 0 Å². The largest absolute Gasteiger partial charge is 0.313 e. The van der Waals surface area contributed by atoms with E-state index < -0.39 is 0 Å². The van der Waals surface area contributed by atoms with Gasteiger partial charge in [0.05, 0.1) is 0 Å². The monoisotopic (exact) mass is 343 g/mol. The van der Waals surface area contributed by atoms with Crippen molar-refractivity contribution in [1.29, 1.82) is 0 Å². The van der Waals surface area contributed by atoms with Gasteiger partial charge in [-0.25, -0.2) is 4.98 Å². The molecule has 1 aromatic heterocycles. The maximum absolute atomic E-state index is 4.36. The van der Waals surface area contributed by atoms with Gasteiger partial charge in [0.25, 0.3) is 0 Å². The van der Waals surface area contributed by atoms with Crippen molar-refractivity contribution in [3.63, 3.8) is 0 Å². The van der Waals surface area contributed by atoms with Gasteiger partial charge in [-0.05, 0) is 66.1 Å². The van der Waals surface area contributed by atoms with E-state index in [-0.39, 0.29) is 0 Å². The van der Waals surface area contributed by atoms with Crippen LogP contribution in [0.4, 0.5) is 0 Å². The van der Waals surface area contributed by atoms with Crippen molar-refractivity contribution in [3.8, 4) is 0 Å². The van der Waals surface area contributed by atoms with Gasteiger partial charge in [0, 0.05) is 15.4 Å². The molecular formula is C12H14BrN3S2. The summed E-state index contributed by atoms with van der Waals surface area (Å²) in [5.41, 5.74) is 1.27. The molecule has 0 aliphatic heterocycles. The number of nitrogens with zero attached hydrogens (tertiary/aromatic N) is 2. The van der Waals surface area contributed by atoms with Crippen molar-refractivity contribution in [2.75, 3.05) is 7.05 Å². The van der Waals surface area contributed by atoms with E-state index in [9.17, 15) is 0 Å². The van der Waals surface area contributed by atoms with E-state index in [0.717, 1.165) is 14.6 Å². The molecule has 1 heterocycles. The Morgan fingerprint density at radius 3 is 2.78 bits per heavy atom. The van der Waals surface area contributed by atoms with Crippen LogP contribution in [0.5, 0.6) is 0 Å². The summed E-state index contributed by atoms with van der Waals surface area (Å²) in [6.45, 7) is 4.05. The molecule has 1 unspecified atom stereocenters. The smallest absolute Gasteiger partial charge is 0.174 e. The highest BCUT2D eigenvalue weighted by molar-refractivity contribution is 9.10. The number of rotatable bonds is 4. The zero-order valence-electron chi connectivity index (χ0n) is 10.4. The molecule has 0 saturated carbocycles. The lowest BCUT2D eigenvalue weighted by molar-refractivity contribution is 0.651. The number of hydrogen-bond acceptors (Lipinski definition) is 5. The maximum atomic E-state index is 4.36. The minimum atomic E-state index is 0.351. The molecule has 0 spiro atoms. The van der Waals surface area contributed by atoms with Crippen LogP contribution in [0.25, 0.3) is 0 Å². The normalized spacial score (nSPS) is 12.7. The lowest BCUT2D eigenvalue weighted by atomic mass is 10.1. The first-order valence-corrected chi connectivity index (χ1v) is 7.93. The molecule has 6 heteroatoms. The van der Waals surface area contributed by atoms with E-state index in [1.165, 1.54) is 22.0 Å². The average molecular weight is 344 g/mol. The van der Waals surface area contributed by atoms with Crippen molar-refractivity contribution in [3.05, 3.63) is 34.1 Å². The van der Waals surface area contributed by atoms with E-state index in [0.29, 0.717) is 6.04 Å². The number of aryl methyl sites for hydroxylation is 1. The highest BCUT2D eigenvalue weighted by Gasteiger charge is 2.09. The zero-order valence-corrected chi connectivity index (χ0v) is 13.6. The number of benzene rings is 1. The molecule has 0 fully saturated rings. The summed E-state index contributed by atoms with van der Waals surface area (Å²) in [5.74, 6) is 0.832. The predicted octanol–water partition coefficient (Wildman–Crippen LogP) is 4.04. The molecule has 1 N–H and O–H groups in total. The topological polar surface area (TPSA) is 37.8 Å². The van der Waals surface area contributed by atoms with E-state index >= 15 is 0 Å². The summed E-state index contributed by atoms with van der Waals surface area (Å²) in [7, 11) is 1.96. The fraction of sp³-hybridized carbons (Fsp3) is 0.333. The van der Waals surface area contributed by atoms with Crippen molar-refractivity contribution >= 4 is 39.2 Å². The van der Waals surface area contributed by atoms with Crippen LogP contribution >= 0.6 is 39.2 Å². The molecule has 0 saturated heterocycles. The number of nitrogens with one attached hydrogen (secondary N) is 1. The SMILES string of the molecule is CNC(C)c1ccc(Sc2nc(C)ns2)c(Br)c1. The van der Waals surface area contributed by atoms with Crippen LogP contribution in [0.3, 0.4) is 0 Å². The van der Waals surface area contributed by atoms with Gasteiger partial charge in [-0.15, -0.1) is 0 Å². The summed E-state index contributed by atoms with van der Waals surface area (Å²) in [6, 6.07) is 6.76. The summed E-state index contributed by atoms with van der Waals surface area (Å²) in [6.07, 6.45) is 0. The summed E-state index contributed by atoms with van der Waals surface area (Å²) in [5, 5.41) is 3.23. The van der Waals surface area contributed by atoms with Crippen molar-refractivity contribution in [1.82, 2.24) is 14.7 Å². The van der Waals surface area contributed by atoms with E-state index in [4.69, 9.17) is 0 Å². The fourth-order valence-electron chi connectivity index (χ4n) is 1.45. The highest BCUT2D eigenvalue weighted by Crippen LogP contribution is 2.35. The van der Waals surface area contributed by atoms with Crippen LogP contribution in [-0.4, -0.2) is 16.4 Å². The third-order valence-electron chi connectivity index (χ3n) is 2.60. The minimum absolute atomic E-state index is 0.351. The molecule has 1 atom stereocenters. The highest BCUT2D eigenvalue weighted by atomic mass is 79.9. The van der Waals surface area contributed by atoms with Crippen LogP contribution in [0, 0.1) is 6.92 Å². The molecule has 0 bridgehead atoms. The third-order valence-corrected chi connectivity index (χ3v) is 5.43. The van der Waals surface area contributed by atoms with Crippen LogP contribution in [0.2, 0.25) is 0 Å². The lowest BCUT2D eigenvalue weighted by Gasteiger charge is -2.12. The molecule has 0 aliphatic carbocycles. The first-order chi connectivity index (χ1) is 8.60. The molecular weight excluding hydrogens is 330 g/mol. The Morgan fingerprint density at radius 2 is 2.22 bits per heavy atom. The summed E-state index contributed by atoms with van der Waals surface area (Å²) < 4.78 is 6.26. The van der Waals surface area contributed by atoms with Crippen molar-refractivity contribution in [2.24, 2.45) is 0 Å². The average Bonchev–Trinajstić information content (AvgIpc) is 2.76. The molecule has 2 rings (SSSR count). The number of halogens is 1. The molecule has 0 radical (unpaired) electrons. The third kappa shape index (κ3) is 3.32. The minimum Gasteiger partial charge on any atom is -0.313 e. The van der Waals surface area contributed by atoms with Gasteiger partial charge in [0.15, 0.2) is 4.34 Å². The van der Waals surface area contributed by atoms with Crippen molar-refractivity contribution in [2.45, 2.75) is 29.1 Å². The predicted molar refractivity (Wildman–Crippen MR) is 80.4 cm³/mol. The van der Waals surface area contributed by atoms with Crippen LogP contribution in [-0.2, 0) is 0 Å². The van der Waals surface area contributed by atoms with Crippen LogP contribution in [0.15, 0.2) is 31.9 Å². The molecule has 2 aromatic rings. The first-order valence-electron chi connectivity index (χ1n) is 5.55. The molecule has 96 valence electrons. The quantitative estimate of drug-likeness (QED) is 0.908. The second-order valence-corrected chi connectivity index (χ2v) is 6.81. The van der Waals surface area contributed by atoms with E-state index in [1.54, 1.807) is 11.8 Å². The molecule has 1 aromatic carbocycles. The molecule has 0 aliphatic rings. The van der Waals surface area contributed by atoms with Crippen LogP contribution < -0.4 is 5.32 Å². The number of hydrogen-bond donors (Lipinski definition) is 1. The Kier molecular flexibility index (Phi) is 4.77. The Bertz CT molecular complexity index is 542. The Morgan fingerprint density at radius 1 is 1.44 bits per heavy atom. The van der Waals surface area contributed by atoms with Gasteiger partial charge in [-0.1, -0.05) is 17.8 Å². The van der Waals surface area contributed by atoms with E-state index in [2.05, 4.69) is 55.7 Å². The molecule has 3 nitrogen and oxygen atoms in total. The lowest BCUT2D eigenvalue weighted by Crippen LogP contribution is -2.12. The van der Waals surface area contributed by atoms with E-state index in [1.807, 2.05) is 14.0 Å². The van der Waals surface area contributed by atoms with Gasteiger partial charge in [0.1, 0.15) is 5.82 Å². The maximum Gasteiger partial charge on any atom is 0.174 e. The summed E-state index contributed by atoms with van der Waals surface area (Å²) >= 11 is 6.69. The molecule has 0 amide bonds. The zero-order chi connectivity index (χ0) is 13.1.